The molecule has 0 N–H and O–H groups in total. The molecule has 0 spiro atoms. The Balaban J connectivity index is 2.13. The summed E-state index contributed by atoms with van der Waals surface area (Å²) in [5.74, 6) is 0. The van der Waals surface area contributed by atoms with Gasteiger partial charge in [-0.25, -0.2) is 0 Å². The van der Waals surface area contributed by atoms with Gasteiger partial charge in [-0.15, -0.1) is 0 Å². The molecule has 3 nitrogen and oxygen atoms in total. The van der Waals surface area contributed by atoms with Gasteiger partial charge in [-0.2, -0.15) is 13.2 Å². The van der Waals surface area contributed by atoms with E-state index in [1.54, 1.807) is 18.3 Å². The van der Waals surface area contributed by atoms with E-state index in [1.807, 2.05) is 0 Å². The third kappa shape index (κ3) is 3.43. The van der Waals surface area contributed by atoms with Crippen molar-refractivity contribution in [3.05, 3.63) is 64.3 Å². The van der Waals surface area contributed by atoms with Crippen LogP contribution in [0.2, 0.25) is 0 Å². The second kappa shape index (κ2) is 5.26. The minimum atomic E-state index is -4.44. The number of alkyl halides is 3. The van der Waals surface area contributed by atoms with E-state index >= 15 is 0 Å². The second-order valence-electron chi connectivity index (χ2n) is 4.03. The summed E-state index contributed by atoms with van der Waals surface area (Å²) in [5.41, 5.74) is -0.587. The molecule has 2 aromatic rings. The number of hydrogen-bond acceptors (Lipinski definition) is 2. The Morgan fingerprint density at radius 1 is 1.21 bits per heavy atom. The average molecular weight is 268 g/mol. The molecular formula is C13H11F3N2O. The molecule has 0 unspecified atom stereocenters. The quantitative estimate of drug-likeness (QED) is 0.857. The van der Waals surface area contributed by atoms with Gasteiger partial charge in [-0.05, 0) is 30.2 Å². The summed E-state index contributed by atoms with van der Waals surface area (Å²) >= 11 is 0. The third-order valence-corrected chi connectivity index (χ3v) is 2.66. The lowest BCUT2D eigenvalue weighted by Crippen LogP contribution is -2.19. The highest BCUT2D eigenvalue weighted by Crippen LogP contribution is 2.27. The van der Waals surface area contributed by atoms with Crippen molar-refractivity contribution in [3.63, 3.8) is 0 Å². The van der Waals surface area contributed by atoms with Crippen LogP contribution in [0.5, 0.6) is 0 Å². The first-order chi connectivity index (χ1) is 8.97. The Bertz CT molecular complexity index is 620. The Labute approximate surface area is 107 Å². The molecule has 0 aliphatic carbocycles. The molecule has 2 rings (SSSR count). The van der Waals surface area contributed by atoms with Gasteiger partial charge in [0.2, 0.25) is 0 Å². The lowest BCUT2D eigenvalue weighted by Gasteiger charge is -2.08. The Kier molecular flexibility index (Phi) is 3.69. The molecule has 0 saturated carbocycles. The van der Waals surface area contributed by atoms with E-state index < -0.39 is 11.9 Å². The SMILES string of the molecule is O=c1ccccn1CCc1ccnc(C(F)(F)F)c1. The van der Waals surface area contributed by atoms with Gasteiger partial charge in [0.15, 0.2) is 0 Å². The predicted octanol–water partition coefficient (Wildman–Crippen LogP) is 2.50. The van der Waals surface area contributed by atoms with Gasteiger partial charge in [0.25, 0.3) is 5.56 Å². The summed E-state index contributed by atoms with van der Waals surface area (Å²) in [7, 11) is 0. The number of hydrogen-bond donors (Lipinski definition) is 0. The van der Waals surface area contributed by atoms with Crippen LogP contribution in [0.15, 0.2) is 47.5 Å². The molecule has 0 amide bonds. The van der Waals surface area contributed by atoms with Crippen molar-refractivity contribution in [2.75, 3.05) is 0 Å². The van der Waals surface area contributed by atoms with Gasteiger partial charge >= 0.3 is 6.18 Å². The van der Waals surface area contributed by atoms with E-state index in [2.05, 4.69) is 4.98 Å². The maximum absolute atomic E-state index is 12.5. The van der Waals surface area contributed by atoms with Crippen LogP contribution in [0.3, 0.4) is 0 Å². The lowest BCUT2D eigenvalue weighted by atomic mass is 10.1. The van der Waals surface area contributed by atoms with Crippen LogP contribution >= 0.6 is 0 Å². The van der Waals surface area contributed by atoms with Crippen molar-refractivity contribution in [1.29, 1.82) is 0 Å². The largest absolute Gasteiger partial charge is 0.433 e. The number of rotatable bonds is 3. The summed E-state index contributed by atoms with van der Waals surface area (Å²) in [6, 6.07) is 7.26. The first kappa shape index (κ1) is 13.3. The van der Waals surface area contributed by atoms with Gasteiger partial charge < -0.3 is 4.57 Å². The molecule has 19 heavy (non-hydrogen) atoms. The molecule has 2 aromatic heterocycles. The summed E-state index contributed by atoms with van der Waals surface area (Å²) in [6.45, 7) is 0.334. The fraction of sp³-hybridized carbons (Fsp3) is 0.231. The van der Waals surface area contributed by atoms with Gasteiger partial charge in [-0.1, -0.05) is 6.07 Å². The first-order valence-corrected chi connectivity index (χ1v) is 5.64. The van der Waals surface area contributed by atoms with E-state index in [0.29, 0.717) is 18.5 Å². The standard InChI is InChI=1S/C13H11F3N2O/c14-13(15,16)11-9-10(4-6-17-11)5-8-18-7-2-1-3-12(18)19/h1-4,6-7,9H,5,8H2. The lowest BCUT2D eigenvalue weighted by molar-refractivity contribution is -0.141. The first-order valence-electron chi connectivity index (χ1n) is 5.64. The number of pyridine rings is 2. The smallest absolute Gasteiger partial charge is 0.315 e. The maximum atomic E-state index is 12.5. The molecule has 0 aromatic carbocycles. The predicted molar refractivity (Wildman–Crippen MR) is 63.6 cm³/mol. The summed E-state index contributed by atoms with van der Waals surface area (Å²) in [5, 5.41) is 0. The topological polar surface area (TPSA) is 34.9 Å². The van der Waals surface area contributed by atoms with Gasteiger partial charge in [0.05, 0.1) is 0 Å². The Morgan fingerprint density at radius 3 is 2.68 bits per heavy atom. The minimum absolute atomic E-state index is 0.174. The molecule has 2 heterocycles. The molecule has 0 saturated heterocycles. The number of nitrogens with zero attached hydrogens (tertiary/aromatic N) is 2. The highest BCUT2D eigenvalue weighted by Gasteiger charge is 2.32. The summed E-state index contributed by atoms with van der Waals surface area (Å²) in [4.78, 5) is 14.7. The monoisotopic (exact) mass is 268 g/mol. The van der Waals surface area contributed by atoms with Crippen molar-refractivity contribution in [2.24, 2.45) is 0 Å². The van der Waals surface area contributed by atoms with Crippen LogP contribution < -0.4 is 5.56 Å². The van der Waals surface area contributed by atoms with Crippen molar-refractivity contribution >= 4 is 0 Å². The van der Waals surface area contributed by atoms with Crippen LogP contribution in [-0.4, -0.2) is 9.55 Å². The van der Waals surface area contributed by atoms with Crippen molar-refractivity contribution in [2.45, 2.75) is 19.1 Å². The second-order valence-corrected chi connectivity index (χ2v) is 4.03. The van der Waals surface area contributed by atoms with E-state index in [-0.39, 0.29) is 5.56 Å². The minimum Gasteiger partial charge on any atom is -0.315 e. The summed E-state index contributed by atoms with van der Waals surface area (Å²) in [6.07, 6.45) is -1.37. The third-order valence-electron chi connectivity index (χ3n) is 2.66. The normalized spacial score (nSPS) is 11.5. The highest BCUT2D eigenvalue weighted by molar-refractivity contribution is 5.18. The van der Waals surface area contributed by atoms with Crippen LogP contribution in [0, 0.1) is 0 Å². The van der Waals surface area contributed by atoms with Crippen molar-refractivity contribution in [1.82, 2.24) is 9.55 Å². The van der Waals surface area contributed by atoms with E-state index in [9.17, 15) is 18.0 Å². The van der Waals surface area contributed by atoms with Crippen molar-refractivity contribution in [3.8, 4) is 0 Å². The molecule has 0 aliphatic heterocycles. The molecule has 0 fully saturated rings. The molecular weight excluding hydrogens is 257 g/mol. The maximum Gasteiger partial charge on any atom is 0.433 e. The van der Waals surface area contributed by atoms with Crippen LogP contribution in [-0.2, 0) is 19.1 Å². The van der Waals surface area contributed by atoms with Crippen LogP contribution in [0.4, 0.5) is 13.2 Å². The highest BCUT2D eigenvalue weighted by atomic mass is 19.4. The fourth-order valence-corrected chi connectivity index (χ4v) is 1.68. The zero-order valence-electron chi connectivity index (χ0n) is 9.89. The van der Waals surface area contributed by atoms with E-state index in [0.717, 1.165) is 12.3 Å². The van der Waals surface area contributed by atoms with Gasteiger partial charge in [0, 0.05) is 25.0 Å². The summed E-state index contributed by atoms with van der Waals surface area (Å²) < 4.78 is 38.9. The number of halogens is 3. The molecule has 0 bridgehead atoms. The van der Waals surface area contributed by atoms with Crippen LogP contribution in [0.25, 0.3) is 0 Å². The molecule has 0 atom stereocenters. The number of aromatic nitrogens is 2. The molecule has 6 heteroatoms. The van der Waals surface area contributed by atoms with E-state index in [1.165, 1.54) is 16.7 Å². The van der Waals surface area contributed by atoms with Crippen molar-refractivity contribution < 1.29 is 13.2 Å². The zero-order valence-corrected chi connectivity index (χ0v) is 9.89. The fourth-order valence-electron chi connectivity index (χ4n) is 1.68. The molecule has 100 valence electrons. The van der Waals surface area contributed by atoms with Gasteiger partial charge in [0.1, 0.15) is 5.69 Å². The Morgan fingerprint density at radius 2 is 2.00 bits per heavy atom. The van der Waals surface area contributed by atoms with E-state index in [4.69, 9.17) is 0 Å². The number of aryl methyl sites for hydroxylation is 2. The zero-order chi connectivity index (χ0) is 13.9. The van der Waals surface area contributed by atoms with Gasteiger partial charge in [-0.3, -0.25) is 9.78 Å². The Hall–Kier alpha value is -2.11. The average Bonchev–Trinajstić information content (AvgIpc) is 2.37. The molecule has 0 aliphatic rings. The molecule has 0 radical (unpaired) electrons. The van der Waals surface area contributed by atoms with Crippen LogP contribution in [0.1, 0.15) is 11.3 Å².